The lowest BCUT2D eigenvalue weighted by atomic mass is 10.2. The van der Waals surface area contributed by atoms with Gasteiger partial charge in [0.25, 0.3) is 5.91 Å². The van der Waals surface area contributed by atoms with Gasteiger partial charge in [0.05, 0.1) is 0 Å². The molecule has 2 aromatic rings. The molecule has 4 nitrogen and oxygen atoms in total. The maximum Gasteiger partial charge on any atom is 0.260 e. The zero-order valence-corrected chi connectivity index (χ0v) is 14.8. The standard InChI is InChI=1S/C19H23ClN2O2/c1-14-13-16(20)9-10-18(14)24-15(2)19(23)22-12-6-4-8-17-7-3-5-11-21-17/h3,5,7,9-11,13,15H,4,6,8,12H2,1-2H3,(H,22,23). The fourth-order valence-electron chi connectivity index (χ4n) is 2.32. The van der Waals surface area contributed by atoms with E-state index in [1.807, 2.05) is 31.2 Å². The van der Waals surface area contributed by atoms with Gasteiger partial charge in [-0.25, -0.2) is 0 Å². The highest BCUT2D eigenvalue weighted by Gasteiger charge is 2.15. The van der Waals surface area contributed by atoms with Gasteiger partial charge in [-0.05, 0) is 69.0 Å². The molecule has 0 aliphatic heterocycles. The molecule has 5 heteroatoms. The summed E-state index contributed by atoms with van der Waals surface area (Å²) >= 11 is 5.92. The monoisotopic (exact) mass is 346 g/mol. The Hall–Kier alpha value is -2.07. The summed E-state index contributed by atoms with van der Waals surface area (Å²) in [5.74, 6) is 0.569. The van der Waals surface area contributed by atoms with E-state index in [2.05, 4.69) is 10.3 Å². The number of unbranched alkanes of at least 4 members (excludes halogenated alkanes) is 1. The largest absolute Gasteiger partial charge is 0.481 e. The first-order valence-electron chi connectivity index (χ1n) is 8.16. The second kappa shape index (κ2) is 9.28. The van der Waals surface area contributed by atoms with Crippen molar-refractivity contribution in [2.75, 3.05) is 6.54 Å². The number of benzene rings is 1. The van der Waals surface area contributed by atoms with E-state index in [0.29, 0.717) is 17.3 Å². The number of amides is 1. The van der Waals surface area contributed by atoms with Gasteiger partial charge >= 0.3 is 0 Å². The highest BCUT2D eigenvalue weighted by molar-refractivity contribution is 6.30. The molecule has 24 heavy (non-hydrogen) atoms. The molecule has 0 bridgehead atoms. The Balaban J connectivity index is 1.68. The maximum atomic E-state index is 12.1. The first kappa shape index (κ1) is 18.3. The maximum absolute atomic E-state index is 12.1. The van der Waals surface area contributed by atoms with E-state index in [0.717, 1.165) is 30.5 Å². The van der Waals surface area contributed by atoms with E-state index in [1.54, 1.807) is 25.3 Å². The normalized spacial score (nSPS) is 11.8. The fourth-order valence-corrected chi connectivity index (χ4v) is 2.55. The molecule has 128 valence electrons. The third-order valence-electron chi connectivity index (χ3n) is 3.70. The topological polar surface area (TPSA) is 51.2 Å². The van der Waals surface area contributed by atoms with Gasteiger partial charge in [-0.15, -0.1) is 0 Å². The van der Waals surface area contributed by atoms with Crippen molar-refractivity contribution in [1.29, 1.82) is 0 Å². The summed E-state index contributed by atoms with van der Waals surface area (Å²) in [5, 5.41) is 3.57. The van der Waals surface area contributed by atoms with Crippen molar-refractivity contribution in [2.45, 2.75) is 39.2 Å². The summed E-state index contributed by atoms with van der Waals surface area (Å²) in [6, 6.07) is 11.3. The molecule has 0 saturated carbocycles. The molecule has 0 aliphatic carbocycles. The van der Waals surface area contributed by atoms with Gasteiger partial charge in [0.15, 0.2) is 6.10 Å². The Morgan fingerprint density at radius 1 is 1.29 bits per heavy atom. The van der Waals surface area contributed by atoms with Crippen LogP contribution < -0.4 is 10.1 Å². The predicted octanol–water partition coefficient (Wildman–Crippen LogP) is 3.95. The number of carbonyl (C=O) groups excluding carboxylic acids is 1. The van der Waals surface area contributed by atoms with Gasteiger partial charge in [0, 0.05) is 23.5 Å². The molecular formula is C19H23ClN2O2. The second-order valence-electron chi connectivity index (χ2n) is 5.74. The van der Waals surface area contributed by atoms with Crippen LogP contribution in [0.3, 0.4) is 0 Å². The lowest BCUT2D eigenvalue weighted by Gasteiger charge is -2.16. The Morgan fingerprint density at radius 2 is 2.12 bits per heavy atom. The number of rotatable bonds is 8. The molecule has 1 unspecified atom stereocenters. The van der Waals surface area contributed by atoms with Crippen LogP contribution in [0.25, 0.3) is 0 Å². The van der Waals surface area contributed by atoms with Crippen molar-refractivity contribution in [3.63, 3.8) is 0 Å². The Bertz CT molecular complexity index is 662. The summed E-state index contributed by atoms with van der Waals surface area (Å²) in [5.41, 5.74) is 2.00. The van der Waals surface area contributed by atoms with Crippen LogP contribution in [0.2, 0.25) is 5.02 Å². The van der Waals surface area contributed by atoms with E-state index in [-0.39, 0.29) is 5.91 Å². The summed E-state index contributed by atoms with van der Waals surface area (Å²) in [7, 11) is 0. The van der Waals surface area contributed by atoms with Gasteiger partial charge in [-0.1, -0.05) is 17.7 Å². The van der Waals surface area contributed by atoms with E-state index in [4.69, 9.17) is 16.3 Å². The molecule has 1 heterocycles. The van der Waals surface area contributed by atoms with E-state index in [9.17, 15) is 4.79 Å². The number of aromatic nitrogens is 1. The van der Waals surface area contributed by atoms with Crippen molar-refractivity contribution >= 4 is 17.5 Å². The molecule has 1 atom stereocenters. The Morgan fingerprint density at radius 3 is 2.83 bits per heavy atom. The van der Waals surface area contributed by atoms with E-state index in [1.165, 1.54) is 0 Å². The van der Waals surface area contributed by atoms with E-state index < -0.39 is 6.10 Å². The van der Waals surface area contributed by atoms with Gasteiger partial charge in [0.2, 0.25) is 0 Å². The van der Waals surface area contributed by atoms with E-state index >= 15 is 0 Å². The summed E-state index contributed by atoms with van der Waals surface area (Å²) in [4.78, 5) is 16.4. The molecule has 1 aromatic heterocycles. The zero-order chi connectivity index (χ0) is 17.4. The third-order valence-corrected chi connectivity index (χ3v) is 3.93. The van der Waals surface area contributed by atoms with Crippen LogP contribution in [0.1, 0.15) is 31.0 Å². The number of ether oxygens (including phenoxy) is 1. The van der Waals surface area contributed by atoms with Crippen LogP contribution in [-0.2, 0) is 11.2 Å². The number of hydrogen-bond donors (Lipinski definition) is 1. The quantitative estimate of drug-likeness (QED) is 0.736. The van der Waals surface area contributed by atoms with Crippen LogP contribution in [0.15, 0.2) is 42.6 Å². The first-order valence-corrected chi connectivity index (χ1v) is 8.54. The first-order chi connectivity index (χ1) is 11.6. The Kier molecular flexibility index (Phi) is 7.07. The number of hydrogen-bond acceptors (Lipinski definition) is 3. The molecule has 1 aromatic carbocycles. The molecule has 0 saturated heterocycles. The minimum atomic E-state index is -0.541. The highest BCUT2D eigenvalue weighted by atomic mass is 35.5. The average molecular weight is 347 g/mol. The number of carbonyl (C=O) groups is 1. The molecule has 1 N–H and O–H groups in total. The predicted molar refractivity (Wildman–Crippen MR) is 96.5 cm³/mol. The van der Waals surface area contributed by atoms with Crippen LogP contribution in [-0.4, -0.2) is 23.5 Å². The van der Waals surface area contributed by atoms with Crippen LogP contribution in [0, 0.1) is 6.92 Å². The number of aryl methyl sites for hydroxylation is 2. The van der Waals surface area contributed by atoms with Crippen molar-refractivity contribution in [2.24, 2.45) is 0 Å². The minimum absolute atomic E-state index is 0.109. The SMILES string of the molecule is Cc1cc(Cl)ccc1OC(C)C(=O)NCCCCc1ccccn1. The van der Waals surface area contributed by atoms with Crippen molar-refractivity contribution in [3.05, 3.63) is 58.9 Å². The second-order valence-corrected chi connectivity index (χ2v) is 6.18. The molecule has 1 amide bonds. The van der Waals surface area contributed by atoms with Crippen molar-refractivity contribution in [3.8, 4) is 5.75 Å². The average Bonchev–Trinajstić information content (AvgIpc) is 2.57. The Labute approximate surface area is 148 Å². The molecule has 0 radical (unpaired) electrons. The van der Waals surface area contributed by atoms with Gasteiger partial charge < -0.3 is 10.1 Å². The van der Waals surface area contributed by atoms with Crippen LogP contribution in [0.4, 0.5) is 0 Å². The molecule has 0 fully saturated rings. The van der Waals surface area contributed by atoms with Crippen molar-refractivity contribution in [1.82, 2.24) is 10.3 Å². The number of nitrogens with zero attached hydrogens (tertiary/aromatic N) is 1. The van der Waals surface area contributed by atoms with Gasteiger partial charge in [0.1, 0.15) is 5.75 Å². The molecule has 0 aliphatic rings. The summed E-state index contributed by atoms with van der Waals surface area (Å²) in [6.45, 7) is 4.29. The molecule has 2 rings (SSSR count). The summed E-state index contributed by atoms with van der Waals surface area (Å²) in [6.07, 6.45) is 4.08. The summed E-state index contributed by atoms with van der Waals surface area (Å²) < 4.78 is 5.71. The highest BCUT2D eigenvalue weighted by Crippen LogP contribution is 2.22. The smallest absolute Gasteiger partial charge is 0.260 e. The number of pyridine rings is 1. The number of halogens is 1. The molecule has 0 spiro atoms. The lowest BCUT2D eigenvalue weighted by Crippen LogP contribution is -2.36. The van der Waals surface area contributed by atoms with Crippen LogP contribution >= 0.6 is 11.6 Å². The van der Waals surface area contributed by atoms with Crippen molar-refractivity contribution < 1.29 is 9.53 Å². The third kappa shape index (κ3) is 5.85. The van der Waals surface area contributed by atoms with Gasteiger partial charge in [-0.2, -0.15) is 0 Å². The minimum Gasteiger partial charge on any atom is -0.481 e. The lowest BCUT2D eigenvalue weighted by molar-refractivity contribution is -0.127. The fraction of sp³-hybridized carbons (Fsp3) is 0.368. The number of nitrogens with one attached hydrogen (secondary N) is 1. The molecular weight excluding hydrogens is 324 g/mol. The van der Waals surface area contributed by atoms with Gasteiger partial charge in [-0.3, -0.25) is 9.78 Å². The zero-order valence-electron chi connectivity index (χ0n) is 14.1. The van der Waals surface area contributed by atoms with Crippen LogP contribution in [0.5, 0.6) is 5.75 Å².